The quantitative estimate of drug-likeness (QED) is 0.553. The number of ether oxygens (including phenoxy) is 4. The van der Waals surface area contributed by atoms with Gasteiger partial charge in [0, 0.05) is 0 Å². The first kappa shape index (κ1) is 20.1. The van der Waals surface area contributed by atoms with Crippen LogP contribution in [0.3, 0.4) is 0 Å². The summed E-state index contributed by atoms with van der Waals surface area (Å²) in [6.07, 6.45) is 0. The molecule has 1 aromatic heterocycles. The maximum atomic E-state index is 13.0. The predicted octanol–water partition coefficient (Wildman–Crippen LogP) is 3.07. The molecule has 2 unspecified atom stereocenters. The fraction of sp³-hybridized carbons (Fsp3) is 0.333. The Morgan fingerprint density at radius 1 is 0.967 bits per heavy atom. The number of carbonyl (C=O) groups excluding carboxylic acids is 2. The van der Waals surface area contributed by atoms with Crippen LogP contribution in [0.5, 0.6) is 11.5 Å². The number of carbonyl (C=O) groups is 2. The van der Waals surface area contributed by atoms with Gasteiger partial charge in [0.15, 0.2) is 11.5 Å². The molecule has 0 N–H and O–H groups in total. The summed E-state index contributed by atoms with van der Waals surface area (Å²) in [7, 11) is 1.30. The van der Waals surface area contributed by atoms with E-state index in [1.54, 1.807) is 43.3 Å². The summed E-state index contributed by atoms with van der Waals surface area (Å²) < 4.78 is 30.1. The lowest BCUT2D eigenvalue weighted by Crippen LogP contribution is -2.29. The van der Waals surface area contributed by atoms with Gasteiger partial charge in [-0.25, -0.2) is 0 Å². The van der Waals surface area contributed by atoms with E-state index < -0.39 is 23.8 Å². The average molecular weight is 428 g/mol. The molecule has 0 spiro atoms. The molecule has 2 aromatic carbocycles. The molecule has 0 radical (unpaired) electrons. The largest absolute Gasteiger partial charge is 0.486 e. The van der Waals surface area contributed by atoms with Crippen molar-refractivity contribution >= 4 is 34.7 Å². The Hall–Kier alpha value is -3.20. The van der Waals surface area contributed by atoms with E-state index in [0.29, 0.717) is 41.4 Å². The second-order valence-electron chi connectivity index (χ2n) is 6.65. The molecular weight excluding hydrogens is 408 g/mol. The van der Waals surface area contributed by atoms with Crippen LogP contribution >= 0.6 is 11.7 Å². The monoisotopic (exact) mass is 428 g/mol. The van der Waals surface area contributed by atoms with Gasteiger partial charge < -0.3 is 18.9 Å². The van der Waals surface area contributed by atoms with E-state index in [-0.39, 0.29) is 6.61 Å². The fourth-order valence-electron chi connectivity index (χ4n) is 3.53. The molecule has 0 bridgehead atoms. The van der Waals surface area contributed by atoms with E-state index in [0.717, 1.165) is 17.2 Å². The molecule has 2 heterocycles. The zero-order valence-corrected chi connectivity index (χ0v) is 17.3. The summed E-state index contributed by atoms with van der Waals surface area (Å²) in [5, 5.41) is 0. The van der Waals surface area contributed by atoms with Gasteiger partial charge in [-0.2, -0.15) is 8.75 Å². The number of hydrogen-bond acceptors (Lipinski definition) is 9. The SMILES string of the molecule is CCOC(=O)C(c1ccc2c(c1)OCCO2)C(C(=O)OC)c1ccc2nsnc2c1. The standard InChI is InChI=1S/C21H20N2O6S/c1-3-27-21(25)19(13-5-7-16-17(11-13)29-9-8-28-16)18(20(24)26-2)12-4-6-14-15(10-12)23-30-22-14/h4-7,10-11,18-19H,3,8-9H2,1-2H3. The first-order chi connectivity index (χ1) is 14.6. The lowest BCUT2D eigenvalue weighted by Gasteiger charge is -2.26. The van der Waals surface area contributed by atoms with Crippen LogP contribution in [0, 0.1) is 0 Å². The van der Waals surface area contributed by atoms with Crippen molar-refractivity contribution in [2.45, 2.75) is 18.8 Å². The molecular formula is C21H20N2O6S. The zero-order chi connectivity index (χ0) is 21.1. The second-order valence-corrected chi connectivity index (χ2v) is 7.17. The second kappa shape index (κ2) is 8.66. The zero-order valence-electron chi connectivity index (χ0n) is 16.5. The molecule has 0 fully saturated rings. The molecule has 2 atom stereocenters. The molecule has 0 amide bonds. The lowest BCUT2D eigenvalue weighted by atomic mass is 9.81. The van der Waals surface area contributed by atoms with Crippen LogP contribution < -0.4 is 9.47 Å². The van der Waals surface area contributed by atoms with Gasteiger partial charge in [0.1, 0.15) is 24.2 Å². The van der Waals surface area contributed by atoms with Crippen LogP contribution in [0.25, 0.3) is 11.0 Å². The van der Waals surface area contributed by atoms with Gasteiger partial charge in [0.2, 0.25) is 0 Å². The molecule has 0 saturated heterocycles. The molecule has 9 heteroatoms. The Morgan fingerprint density at radius 2 is 1.63 bits per heavy atom. The smallest absolute Gasteiger partial charge is 0.314 e. The highest BCUT2D eigenvalue weighted by Gasteiger charge is 2.39. The molecule has 8 nitrogen and oxygen atoms in total. The van der Waals surface area contributed by atoms with Crippen LogP contribution in [0.4, 0.5) is 0 Å². The van der Waals surface area contributed by atoms with Crippen molar-refractivity contribution in [3.63, 3.8) is 0 Å². The minimum absolute atomic E-state index is 0.183. The molecule has 156 valence electrons. The molecule has 1 aliphatic rings. The Morgan fingerprint density at radius 3 is 2.40 bits per heavy atom. The van der Waals surface area contributed by atoms with Crippen LogP contribution in [-0.4, -0.2) is 47.6 Å². The van der Waals surface area contributed by atoms with Crippen molar-refractivity contribution in [2.75, 3.05) is 26.9 Å². The first-order valence-corrected chi connectivity index (χ1v) is 10.2. The number of benzene rings is 2. The minimum atomic E-state index is -0.933. The number of hydrogen-bond donors (Lipinski definition) is 0. The van der Waals surface area contributed by atoms with Crippen LogP contribution in [0.15, 0.2) is 36.4 Å². The predicted molar refractivity (Wildman–Crippen MR) is 109 cm³/mol. The molecule has 1 aliphatic heterocycles. The van der Waals surface area contributed by atoms with E-state index >= 15 is 0 Å². The Bertz CT molecular complexity index is 1080. The molecule has 30 heavy (non-hydrogen) atoms. The van der Waals surface area contributed by atoms with Crippen LogP contribution in [0.1, 0.15) is 29.9 Å². The highest BCUT2D eigenvalue weighted by Crippen LogP contribution is 2.40. The third kappa shape index (κ3) is 3.80. The van der Waals surface area contributed by atoms with Crippen molar-refractivity contribution in [1.29, 1.82) is 0 Å². The Kier molecular flexibility index (Phi) is 5.80. The van der Waals surface area contributed by atoms with Gasteiger partial charge in [0.25, 0.3) is 0 Å². The van der Waals surface area contributed by atoms with Gasteiger partial charge in [-0.15, -0.1) is 0 Å². The maximum Gasteiger partial charge on any atom is 0.314 e. The average Bonchev–Trinajstić information content (AvgIpc) is 3.24. The number of methoxy groups -OCH3 is 1. The van der Waals surface area contributed by atoms with Crippen molar-refractivity contribution in [3.8, 4) is 11.5 Å². The van der Waals surface area contributed by atoms with Gasteiger partial charge in [-0.05, 0) is 42.3 Å². The minimum Gasteiger partial charge on any atom is -0.486 e. The van der Waals surface area contributed by atoms with Gasteiger partial charge in [-0.1, -0.05) is 12.1 Å². The number of aromatic nitrogens is 2. The van der Waals surface area contributed by atoms with E-state index in [1.807, 2.05) is 0 Å². The summed E-state index contributed by atoms with van der Waals surface area (Å²) in [5.41, 5.74) is 2.54. The van der Waals surface area contributed by atoms with E-state index in [4.69, 9.17) is 18.9 Å². The Balaban J connectivity index is 1.83. The highest BCUT2D eigenvalue weighted by atomic mass is 32.1. The van der Waals surface area contributed by atoms with Gasteiger partial charge in [-0.3, -0.25) is 9.59 Å². The molecule has 0 aliphatic carbocycles. The molecule has 3 aromatic rings. The van der Waals surface area contributed by atoms with Crippen molar-refractivity contribution in [2.24, 2.45) is 0 Å². The number of nitrogens with zero attached hydrogens (tertiary/aromatic N) is 2. The van der Waals surface area contributed by atoms with E-state index in [1.165, 1.54) is 7.11 Å². The third-order valence-electron chi connectivity index (χ3n) is 4.89. The summed E-state index contributed by atoms with van der Waals surface area (Å²) in [6.45, 7) is 2.77. The van der Waals surface area contributed by atoms with Gasteiger partial charge in [0.05, 0.1) is 37.3 Å². The molecule has 0 saturated carbocycles. The summed E-state index contributed by atoms with van der Waals surface area (Å²) in [6, 6.07) is 10.5. The van der Waals surface area contributed by atoms with E-state index in [2.05, 4.69) is 8.75 Å². The van der Waals surface area contributed by atoms with Crippen molar-refractivity contribution in [1.82, 2.24) is 8.75 Å². The van der Waals surface area contributed by atoms with Crippen LogP contribution in [-0.2, 0) is 19.1 Å². The molecule has 4 rings (SSSR count). The topological polar surface area (TPSA) is 96.8 Å². The summed E-state index contributed by atoms with van der Waals surface area (Å²) in [5.74, 6) is -1.82. The third-order valence-corrected chi connectivity index (χ3v) is 5.45. The summed E-state index contributed by atoms with van der Waals surface area (Å²) >= 11 is 1.08. The van der Waals surface area contributed by atoms with Gasteiger partial charge >= 0.3 is 11.9 Å². The number of fused-ring (bicyclic) bond motifs is 2. The fourth-order valence-corrected chi connectivity index (χ4v) is 4.05. The highest BCUT2D eigenvalue weighted by molar-refractivity contribution is 7.00. The van der Waals surface area contributed by atoms with Crippen LogP contribution in [0.2, 0.25) is 0 Å². The lowest BCUT2D eigenvalue weighted by molar-refractivity contribution is -0.152. The van der Waals surface area contributed by atoms with Crippen molar-refractivity contribution < 1.29 is 28.5 Å². The Labute approximate surface area is 177 Å². The van der Waals surface area contributed by atoms with E-state index in [9.17, 15) is 9.59 Å². The van der Waals surface area contributed by atoms with Crippen molar-refractivity contribution in [3.05, 3.63) is 47.5 Å². The maximum absolute atomic E-state index is 13.0. The summed E-state index contributed by atoms with van der Waals surface area (Å²) in [4.78, 5) is 25.9. The normalized spacial score (nSPS) is 14.7. The number of rotatable bonds is 6. The first-order valence-electron chi connectivity index (χ1n) is 9.48. The number of esters is 2.